The van der Waals surface area contributed by atoms with Gasteiger partial charge in [-0.15, -0.1) is 6.58 Å². The molecule has 2 N–H and O–H groups in total. The molecule has 2 atom stereocenters. The Hall–Kier alpha value is -1.53. The average Bonchev–Trinajstić information content (AvgIpc) is 2.43. The number of ether oxygens (including phenoxy) is 1. The fourth-order valence-corrected chi connectivity index (χ4v) is 3.51. The van der Waals surface area contributed by atoms with Gasteiger partial charge >= 0.3 is 6.18 Å². The van der Waals surface area contributed by atoms with E-state index in [9.17, 15) is 23.4 Å². The Balaban J connectivity index is 2.84. The number of methoxy groups -OCH3 is 1. The molecule has 23 heavy (non-hydrogen) atoms. The van der Waals surface area contributed by atoms with Crippen molar-refractivity contribution in [1.29, 1.82) is 0 Å². The Labute approximate surface area is 133 Å². The van der Waals surface area contributed by atoms with Gasteiger partial charge in [-0.3, -0.25) is 0 Å². The lowest BCUT2D eigenvalue weighted by Gasteiger charge is -2.53. The molecule has 3 nitrogen and oxygen atoms in total. The van der Waals surface area contributed by atoms with Crippen molar-refractivity contribution in [2.45, 2.75) is 49.5 Å². The molecule has 1 aliphatic carbocycles. The molecule has 1 aliphatic rings. The molecule has 0 aliphatic heterocycles. The van der Waals surface area contributed by atoms with Crippen molar-refractivity contribution in [1.82, 2.24) is 0 Å². The maximum absolute atomic E-state index is 13.7. The average molecular weight is 330 g/mol. The molecule has 0 saturated heterocycles. The monoisotopic (exact) mass is 330 g/mol. The second kappa shape index (κ2) is 5.24. The molecule has 0 bridgehead atoms. The number of aliphatic hydroxyl groups is 2. The maximum atomic E-state index is 13.7. The van der Waals surface area contributed by atoms with Crippen molar-refractivity contribution in [2.75, 3.05) is 7.11 Å². The number of rotatable bonds is 3. The first-order chi connectivity index (χ1) is 10.4. The third kappa shape index (κ3) is 2.44. The van der Waals surface area contributed by atoms with Crippen LogP contribution in [0.2, 0.25) is 0 Å². The highest BCUT2D eigenvalue weighted by Crippen LogP contribution is 2.57. The summed E-state index contributed by atoms with van der Waals surface area (Å²) in [5.41, 5.74) is -6.20. The number of fused-ring (bicyclic) bond motifs is 1. The molecule has 0 heterocycles. The van der Waals surface area contributed by atoms with E-state index in [4.69, 9.17) is 4.74 Å². The third-order valence-electron chi connectivity index (χ3n) is 4.69. The van der Waals surface area contributed by atoms with Crippen LogP contribution in [0, 0.1) is 0 Å². The number of hydrogen-bond donors (Lipinski definition) is 2. The van der Waals surface area contributed by atoms with E-state index in [0.29, 0.717) is 11.3 Å². The van der Waals surface area contributed by atoms with E-state index in [0.717, 1.165) is 0 Å². The summed E-state index contributed by atoms with van der Waals surface area (Å²) in [5, 5.41) is 21.5. The first-order valence-corrected chi connectivity index (χ1v) is 7.24. The number of alkyl halides is 3. The van der Waals surface area contributed by atoms with E-state index in [-0.39, 0.29) is 5.56 Å². The zero-order valence-electron chi connectivity index (χ0n) is 13.4. The Kier molecular flexibility index (Phi) is 4.06. The second-order valence-electron chi connectivity index (χ2n) is 6.68. The molecule has 1 aromatic carbocycles. The molecule has 0 saturated carbocycles. The summed E-state index contributed by atoms with van der Waals surface area (Å²) in [6.07, 6.45) is -4.90. The van der Waals surface area contributed by atoms with Gasteiger partial charge in [0.2, 0.25) is 0 Å². The van der Waals surface area contributed by atoms with E-state index in [1.807, 2.05) is 0 Å². The molecular weight excluding hydrogens is 309 g/mol. The predicted octanol–water partition coefficient (Wildman–Crippen LogP) is 3.43. The van der Waals surface area contributed by atoms with Gasteiger partial charge in [-0.25, -0.2) is 0 Å². The van der Waals surface area contributed by atoms with Gasteiger partial charge < -0.3 is 14.9 Å². The lowest BCUT2D eigenvalue weighted by Crippen LogP contribution is -2.65. The standard InChI is InChI=1S/C17H21F3O3/c1-5-8-15(21)13-9-11(23-4)6-7-12(13)14(2,3)10-16(15,22)17(18,19)20/h5-7,9,21-22H,1,8,10H2,2-4H3/t15?,16-/m0/s1. The Morgan fingerprint density at radius 3 is 2.35 bits per heavy atom. The van der Waals surface area contributed by atoms with Gasteiger partial charge in [-0.05, 0) is 35.1 Å². The summed E-state index contributed by atoms with van der Waals surface area (Å²) in [6, 6.07) is 4.63. The van der Waals surface area contributed by atoms with Crippen molar-refractivity contribution in [2.24, 2.45) is 0 Å². The molecule has 0 radical (unpaired) electrons. The first-order valence-electron chi connectivity index (χ1n) is 7.24. The van der Waals surface area contributed by atoms with Crippen LogP contribution >= 0.6 is 0 Å². The van der Waals surface area contributed by atoms with E-state index in [1.54, 1.807) is 26.0 Å². The van der Waals surface area contributed by atoms with Gasteiger partial charge in [0, 0.05) is 6.42 Å². The van der Waals surface area contributed by atoms with Crippen LogP contribution in [0.5, 0.6) is 5.75 Å². The van der Waals surface area contributed by atoms with Gasteiger partial charge in [0.05, 0.1) is 7.11 Å². The molecule has 2 rings (SSSR count). The quantitative estimate of drug-likeness (QED) is 0.835. The molecule has 0 spiro atoms. The van der Waals surface area contributed by atoms with Crippen LogP contribution in [0.3, 0.4) is 0 Å². The highest BCUT2D eigenvalue weighted by molar-refractivity contribution is 5.48. The van der Waals surface area contributed by atoms with E-state index in [1.165, 1.54) is 19.3 Å². The van der Waals surface area contributed by atoms with E-state index in [2.05, 4.69) is 6.58 Å². The van der Waals surface area contributed by atoms with Crippen LogP contribution in [0.15, 0.2) is 30.9 Å². The lowest BCUT2D eigenvalue weighted by atomic mass is 9.58. The van der Waals surface area contributed by atoms with Crippen LogP contribution in [-0.2, 0) is 11.0 Å². The van der Waals surface area contributed by atoms with Gasteiger partial charge in [-0.1, -0.05) is 26.0 Å². The molecule has 1 unspecified atom stereocenters. The predicted molar refractivity (Wildman–Crippen MR) is 80.4 cm³/mol. The fourth-order valence-electron chi connectivity index (χ4n) is 3.51. The minimum absolute atomic E-state index is 0.0211. The summed E-state index contributed by atoms with van der Waals surface area (Å²) in [6.45, 7) is 6.66. The number of benzene rings is 1. The van der Waals surface area contributed by atoms with Gasteiger partial charge in [0.1, 0.15) is 11.4 Å². The highest BCUT2D eigenvalue weighted by Gasteiger charge is 2.70. The molecule has 6 heteroatoms. The Morgan fingerprint density at radius 2 is 1.87 bits per heavy atom. The zero-order chi connectivity index (χ0) is 17.7. The van der Waals surface area contributed by atoms with Crippen molar-refractivity contribution in [3.05, 3.63) is 42.0 Å². The fraction of sp³-hybridized carbons (Fsp3) is 0.529. The molecule has 0 fully saturated rings. The van der Waals surface area contributed by atoms with Crippen molar-refractivity contribution in [3.8, 4) is 5.75 Å². The van der Waals surface area contributed by atoms with Gasteiger partial charge in [-0.2, -0.15) is 13.2 Å². The summed E-state index contributed by atoms with van der Waals surface area (Å²) in [4.78, 5) is 0. The van der Waals surface area contributed by atoms with Crippen molar-refractivity contribution < 1.29 is 28.1 Å². The largest absolute Gasteiger partial charge is 0.497 e. The van der Waals surface area contributed by atoms with Crippen LogP contribution in [-0.4, -0.2) is 29.1 Å². The van der Waals surface area contributed by atoms with Gasteiger partial charge in [0.25, 0.3) is 0 Å². The first kappa shape index (κ1) is 17.8. The normalized spacial score (nSPS) is 29.7. The van der Waals surface area contributed by atoms with Crippen LogP contribution < -0.4 is 4.74 Å². The minimum atomic E-state index is -5.00. The summed E-state index contributed by atoms with van der Waals surface area (Å²) < 4.78 is 46.1. The molecule has 0 amide bonds. The van der Waals surface area contributed by atoms with Crippen LogP contribution in [0.25, 0.3) is 0 Å². The highest BCUT2D eigenvalue weighted by atomic mass is 19.4. The third-order valence-corrected chi connectivity index (χ3v) is 4.69. The topological polar surface area (TPSA) is 49.7 Å². The molecular formula is C17H21F3O3. The van der Waals surface area contributed by atoms with Crippen molar-refractivity contribution >= 4 is 0 Å². The van der Waals surface area contributed by atoms with Crippen LogP contribution in [0.4, 0.5) is 13.2 Å². The summed E-state index contributed by atoms with van der Waals surface area (Å²) in [5.74, 6) is 0.313. The minimum Gasteiger partial charge on any atom is -0.497 e. The van der Waals surface area contributed by atoms with Gasteiger partial charge in [0.15, 0.2) is 5.60 Å². The lowest BCUT2D eigenvalue weighted by molar-refractivity contribution is -0.333. The molecule has 1 aromatic rings. The summed E-state index contributed by atoms with van der Waals surface area (Å²) in [7, 11) is 1.39. The van der Waals surface area contributed by atoms with Crippen molar-refractivity contribution in [3.63, 3.8) is 0 Å². The maximum Gasteiger partial charge on any atom is 0.420 e. The molecule has 128 valence electrons. The summed E-state index contributed by atoms with van der Waals surface area (Å²) >= 11 is 0. The number of hydrogen-bond acceptors (Lipinski definition) is 3. The Morgan fingerprint density at radius 1 is 1.26 bits per heavy atom. The second-order valence-corrected chi connectivity index (χ2v) is 6.68. The smallest absolute Gasteiger partial charge is 0.420 e. The van der Waals surface area contributed by atoms with E-state index >= 15 is 0 Å². The SMILES string of the molecule is C=CCC1(O)c2cc(OC)ccc2C(C)(C)C[C@@]1(O)C(F)(F)F. The number of halogens is 3. The molecule has 0 aromatic heterocycles. The Bertz CT molecular complexity index is 624. The van der Waals surface area contributed by atoms with E-state index < -0.39 is 35.6 Å². The van der Waals surface area contributed by atoms with Crippen LogP contribution in [0.1, 0.15) is 37.8 Å². The zero-order valence-corrected chi connectivity index (χ0v) is 13.4.